The van der Waals surface area contributed by atoms with E-state index in [1.54, 1.807) is 29.2 Å². The maximum Gasteiger partial charge on any atom is 0.266 e. The second-order valence-electron chi connectivity index (χ2n) is 8.00. The van der Waals surface area contributed by atoms with Crippen molar-refractivity contribution in [2.24, 2.45) is 0 Å². The lowest BCUT2D eigenvalue weighted by Crippen LogP contribution is -2.32. The normalized spacial score (nSPS) is 13.3. The zero-order valence-corrected chi connectivity index (χ0v) is 19.4. The predicted molar refractivity (Wildman–Crippen MR) is 124 cm³/mol. The molecular weight excluding hydrogens is 463 g/mol. The Labute approximate surface area is 199 Å². The summed E-state index contributed by atoms with van der Waals surface area (Å²) < 4.78 is 19.0. The highest BCUT2D eigenvalue weighted by atomic mass is 35.5. The molecule has 2 heterocycles. The van der Waals surface area contributed by atoms with Crippen LogP contribution in [0.3, 0.4) is 0 Å². The molecule has 1 aliphatic carbocycles. The average Bonchev–Trinajstić information content (AvgIpc) is 3.43. The molecule has 1 saturated carbocycles. The molecule has 1 amide bonds. The maximum absolute atomic E-state index is 13.4. The van der Waals surface area contributed by atoms with Gasteiger partial charge in [0.2, 0.25) is 11.8 Å². The van der Waals surface area contributed by atoms with Crippen LogP contribution in [0.1, 0.15) is 44.7 Å². The molecule has 168 valence electrons. The van der Waals surface area contributed by atoms with Gasteiger partial charge in [-0.15, -0.1) is 21.5 Å². The smallest absolute Gasteiger partial charge is 0.266 e. The fourth-order valence-electron chi connectivity index (χ4n) is 3.56. The third-order valence-corrected chi connectivity index (χ3v) is 6.81. The number of amides is 1. The van der Waals surface area contributed by atoms with Gasteiger partial charge in [-0.1, -0.05) is 23.7 Å². The van der Waals surface area contributed by atoms with Crippen LogP contribution in [0.25, 0.3) is 11.5 Å². The number of halogens is 2. The van der Waals surface area contributed by atoms with Gasteiger partial charge in [-0.2, -0.15) is 0 Å². The van der Waals surface area contributed by atoms with E-state index in [0.29, 0.717) is 33.8 Å². The summed E-state index contributed by atoms with van der Waals surface area (Å²) in [7, 11) is 0. The molecule has 0 spiro atoms. The highest BCUT2D eigenvalue weighted by molar-refractivity contribution is 7.13. The molecule has 33 heavy (non-hydrogen) atoms. The van der Waals surface area contributed by atoms with Gasteiger partial charge < -0.3 is 9.32 Å². The molecule has 0 bridgehead atoms. The molecule has 9 heteroatoms. The van der Waals surface area contributed by atoms with Crippen LogP contribution in [0.15, 0.2) is 52.9 Å². The Balaban J connectivity index is 1.33. The molecule has 2 aromatic heterocycles. The van der Waals surface area contributed by atoms with Crippen LogP contribution >= 0.6 is 22.9 Å². The molecule has 0 aliphatic heterocycles. The van der Waals surface area contributed by atoms with Gasteiger partial charge in [0.15, 0.2) is 0 Å². The molecule has 0 N–H and O–H groups in total. The van der Waals surface area contributed by atoms with Crippen molar-refractivity contribution in [1.82, 2.24) is 20.1 Å². The van der Waals surface area contributed by atoms with Crippen molar-refractivity contribution >= 4 is 28.8 Å². The fourth-order valence-corrected chi connectivity index (χ4v) is 4.74. The van der Waals surface area contributed by atoms with Gasteiger partial charge in [0.05, 0.1) is 17.2 Å². The number of aromatic nitrogens is 3. The molecule has 6 nitrogen and oxygen atoms in total. The van der Waals surface area contributed by atoms with Gasteiger partial charge in [0, 0.05) is 23.0 Å². The largest absolute Gasteiger partial charge is 0.419 e. The Bertz CT molecular complexity index is 1280. The van der Waals surface area contributed by atoms with Crippen LogP contribution in [0.2, 0.25) is 5.02 Å². The Morgan fingerprint density at radius 2 is 1.88 bits per heavy atom. The fraction of sp³-hybridized carbons (Fsp3) is 0.250. The number of rotatable bonds is 7. The zero-order chi connectivity index (χ0) is 22.9. The summed E-state index contributed by atoms with van der Waals surface area (Å²) in [6.45, 7) is 2.09. The summed E-state index contributed by atoms with van der Waals surface area (Å²) in [4.78, 5) is 20.4. The summed E-state index contributed by atoms with van der Waals surface area (Å²) in [6.07, 6.45) is 2.45. The van der Waals surface area contributed by atoms with Crippen LogP contribution in [0.4, 0.5) is 4.39 Å². The molecule has 1 aliphatic rings. The number of carbonyl (C=O) groups excluding carboxylic acids is 1. The first-order valence-corrected chi connectivity index (χ1v) is 11.8. The van der Waals surface area contributed by atoms with Crippen LogP contribution in [-0.4, -0.2) is 32.0 Å². The number of thiazole rings is 1. The lowest BCUT2D eigenvalue weighted by Gasteiger charge is -2.19. The topological polar surface area (TPSA) is 72.1 Å². The summed E-state index contributed by atoms with van der Waals surface area (Å²) in [5.41, 5.74) is 2.41. The molecular formula is C24H20ClFN4O2S. The molecule has 0 radical (unpaired) electrons. The summed E-state index contributed by atoms with van der Waals surface area (Å²) >= 11 is 7.32. The minimum absolute atomic E-state index is 0.0795. The van der Waals surface area contributed by atoms with Gasteiger partial charge in [-0.05, 0) is 61.7 Å². The van der Waals surface area contributed by atoms with Crippen LogP contribution in [0.5, 0.6) is 0 Å². The van der Waals surface area contributed by atoms with Gasteiger partial charge in [0.25, 0.3) is 5.91 Å². The van der Waals surface area contributed by atoms with Crippen molar-refractivity contribution in [2.45, 2.75) is 38.8 Å². The monoisotopic (exact) mass is 482 g/mol. The number of benzene rings is 2. The quantitative estimate of drug-likeness (QED) is 0.338. The van der Waals surface area contributed by atoms with E-state index in [-0.39, 0.29) is 24.3 Å². The first-order valence-electron chi connectivity index (χ1n) is 10.6. The Hall–Kier alpha value is -3.10. The van der Waals surface area contributed by atoms with Gasteiger partial charge in [-0.3, -0.25) is 4.79 Å². The van der Waals surface area contributed by atoms with Crippen molar-refractivity contribution in [3.8, 4) is 11.5 Å². The highest BCUT2D eigenvalue weighted by Crippen LogP contribution is 2.32. The van der Waals surface area contributed by atoms with Crippen LogP contribution in [0, 0.1) is 12.7 Å². The lowest BCUT2D eigenvalue weighted by atomic mass is 10.1. The Kier molecular flexibility index (Phi) is 5.95. The summed E-state index contributed by atoms with van der Waals surface area (Å²) in [6, 6.07) is 13.6. The van der Waals surface area contributed by atoms with Crippen LogP contribution in [-0.2, 0) is 13.0 Å². The van der Waals surface area contributed by atoms with Crippen molar-refractivity contribution in [3.63, 3.8) is 0 Å². The predicted octanol–water partition coefficient (Wildman–Crippen LogP) is 5.69. The third-order valence-electron chi connectivity index (χ3n) is 5.42. The van der Waals surface area contributed by atoms with Crippen molar-refractivity contribution in [1.29, 1.82) is 0 Å². The van der Waals surface area contributed by atoms with Crippen LogP contribution < -0.4 is 0 Å². The second kappa shape index (κ2) is 9.03. The van der Waals surface area contributed by atoms with E-state index in [9.17, 15) is 9.18 Å². The lowest BCUT2D eigenvalue weighted by molar-refractivity contribution is 0.0718. The number of aryl methyl sites for hydroxylation is 1. The Morgan fingerprint density at radius 3 is 2.58 bits per heavy atom. The molecule has 0 saturated heterocycles. The minimum Gasteiger partial charge on any atom is -0.419 e. The number of hydrogen-bond donors (Lipinski definition) is 0. The molecule has 5 rings (SSSR count). The first-order chi connectivity index (χ1) is 16.0. The van der Waals surface area contributed by atoms with E-state index in [0.717, 1.165) is 29.0 Å². The van der Waals surface area contributed by atoms with Gasteiger partial charge in [0.1, 0.15) is 10.7 Å². The Morgan fingerprint density at radius 1 is 1.15 bits per heavy atom. The first kappa shape index (κ1) is 21.7. The number of carbonyl (C=O) groups is 1. The average molecular weight is 483 g/mol. The van der Waals surface area contributed by atoms with E-state index < -0.39 is 0 Å². The molecule has 0 atom stereocenters. The van der Waals surface area contributed by atoms with E-state index in [1.165, 1.54) is 23.5 Å². The van der Waals surface area contributed by atoms with Gasteiger partial charge in [-0.25, -0.2) is 9.37 Å². The van der Waals surface area contributed by atoms with E-state index >= 15 is 0 Å². The minimum atomic E-state index is -0.273. The molecule has 4 aromatic rings. The van der Waals surface area contributed by atoms with Crippen molar-refractivity contribution in [2.75, 3.05) is 0 Å². The number of hydrogen-bond acceptors (Lipinski definition) is 6. The summed E-state index contributed by atoms with van der Waals surface area (Å²) in [5.74, 6) is 0.420. The number of nitrogens with zero attached hydrogens (tertiary/aromatic N) is 4. The zero-order valence-electron chi connectivity index (χ0n) is 17.8. The SMILES string of the molecule is Cc1nc(Cc2ccc(F)cc2)sc1C(=O)N(Cc1nnc(-c2ccc(Cl)cc2)o1)C1CC1. The molecule has 2 aromatic carbocycles. The second-order valence-corrected chi connectivity index (χ2v) is 9.52. The van der Waals surface area contributed by atoms with Crippen molar-refractivity contribution < 1.29 is 13.6 Å². The molecule has 1 fully saturated rings. The maximum atomic E-state index is 13.4. The van der Waals surface area contributed by atoms with E-state index in [2.05, 4.69) is 15.2 Å². The van der Waals surface area contributed by atoms with Crippen molar-refractivity contribution in [3.05, 3.63) is 86.4 Å². The third kappa shape index (κ3) is 4.96. The standard InChI is InChI=1S/C24H20ClFN4O2S/c1-14-22(33-21(27-14)12-15-2-8-18(26)9-3-15)24(31)30(19-10-11-19)13-20-28-29-23(32-20)16-4-6-17(25)7-5-16/h2-9,19H,10-13H2,1H3. The van der Waals surface area contributed by atoms with E-state index in [1.807, 2.05) is 19.1 Å². The van der Waals surface area contributed by atoms with E-state index in [4.69, 9.17) is 16.0 Å². The van der Waals surface area contributed by atoms with Gasteiger partial charge >= 0.3 is 0 Å². The molecule has 0 unspecified atom stereocenters. The summed E-state index contributed by atoms with van der Waals surface area (Å²) in [5, 5.41) is 9.71. The highest BCUT2D eigenvalue weighted by Gasteiger charge is 2.35.